The molecule has 0 aliphatic rings. The molecular weight excluding hydrogens is 298 g/mol. The van der Waals surface area contributed by atoms with Gasteiger partial charge < -0.3 is 9.84 Å². The minimum Gasteiger partial charge on any atom is -0.495 e. The van der Waals surface area contributed by atoms with E-state index in [0.717, 1.165) is 10.9 Å². The Hall–Kier alpha value is -2.55. The second-order valence-electron chi connectivity index (χ2n) is 4.09. The van der Waals surface area contributed by atoms with Gasteiger partial charge in [0.1, 0.15) is 16.3 Å². The van der Waals surface area contributed by atoms with Crippen LogP contribution in [0.15, 0.2) is 35.4 Å². The normalized spacial score (nSPS) is 11.1. The molecule has 1 heterocycles. The number of para-hydroxylation sites is 1. The third-order valence-corrected chi connectivity index (χ3v) is 4.15. The lowest BCUT2D eigenvalue weighted by Gasteiger charge is -2.10. The van der Waals surface area contributed by atoms with Gasteiger partial charge in [0.15, 0.2) is 5.69 Å². The number of carboxylic acid groups (broad SMARTS) is 1. The van der Waals surface area contributed by atoms with Gasteiger partial charge in [0.25, 0.3) is 10.0 Å². The van der Waals surface area contributed by atoms with E-state index in [1.807, 2.05) is 0 Å². The molecule has 0 bridgehead atoms. The average Bonchev–Trinajstić information content (AvgIpc) is 2.79. The predicted molar refractivity (Wildman–Crippen MR) is 74.0 cm³/mol. The molecule has 8 nitrogen and oxygen atoms in total. The number of ether oxygens (including phenoxy) is 1. The first-order chi connectivity index (χ1) is 9.86. The summed E-state index contributed by atoms with van der Waals surface area (Å²) in [6.45, 7) is 0. The van der Waals surface area contributed by atoms with Crippen LogP contribution < -0.4 is 9.46 Å². The first-order valence-electron chi connectivity index (χ1n) is 5.78. The van der Waals surface area contributed by atoms with Gasteiger partial charge in [-0.05, 0) is 12.1 Å². The van der Waals surface area contributed by atoms with E-state index in [-0.39, 0.29) is 22.0 Å². The predicted octanol–water partition coefficient (Wildman–Crippen LogP) is 0.928. The van der Waals surface area contributed by atoms with E-state index in [2.05, 4.69) is 9.82 Å². The van der Waals surface area contributed by atoms with E-state index >= 15 is 0 Å². The number of nitrogens with one attached hydrogen (secondary N) is 1. The van der Waals surface area contributed by atoms with E-state index in [1.54, 1.807) is 12.1 Å². The molecule has 0 unspecified atom stereocenters. The number of rotatable bonds is 5. The number of sulfonamides is 1. The monoisotopic (exact) mass is 311 g/mol. The number of benzene rings is 1. The van der Waals surface area contributed by atoms with Gasteiger partial charge in [-0.15, -0.1) is 0 Å². The van der Waals surface area contributed by atoms with Crippen molar-refractivity contribution in [3.05, 3.63) is 36.2 Å². The first-order valence-corrected chi connectivity index (χ1v) is 7.26. The van der Waals surface area contributed by atoms with E-state index in [9.17, 15) is 13.2 Å². The molecule has 0 saturated heterocycles. The second kappa shape index (κ2) is 5.44. The molecule has 21 heavy (non-hydrogen) atoms. The molecule has 0 atom stereocenters. The largest absolute Gasteiger partial charge is 0.495 e. The summed E-state index contributed by atoms with van der Waals surface area (Å²) in [6.07, 6.45) is 1.14. The molecule has 0 aliphatic carbocycles. The summed E-state index contributed by atoms with van der Waals surface area (Å²) in [7, 11) is -1.24. The van der Waals surface area contributed by atoms with Gasteiger partial charge in [0.05, 0.1) is 13.3 Å². The Morgan fingerprint density at radius 1 is 1.38 bits per heavy atom. The summed E-state index contributed by atoms with van der Waals surface area (Å²) in [6, 6.07) is 6.02. The highest BCUT2D eigenvalue weighted by Crippen LogP contribution is 2.26. The van der Waals surface area contributed by atoms with Gasteiger partial charge in [0.2, 0.25) is 0 Å². The molecule has 0 spiro atoms. The standard InChI is InChI=1S/C12H13N3O5S/c1-15-11(12(16)17)8(7-13-15)14-21(18,19)10-6-4-3-5-9(10)20-2/h3-7,14H,1-2H3,(H,16,17). The zero-order chi connectivity index (χ0) is 15.6. The van der Waals surface area contributed by atoms with Crippen molar-refractivity contribution in [3.8, 4) is 5.75 Å². The third kappa shape index (κ3) is 2.82. The van der Waals surface area contributed by atoms with Crippen LogP contribution in [0.4, 0.5) is 5.69 Å². The van der Waals surface area contributed by atoms with Gasteiger partial charge in [-0.2, -0.15) is 5.10 Å². The summed E-state index contributed by atoms with van der Waals surface area (Å²) in [5, 5.41) is 12.8. The Morgan fingerprint density at radius 2 is 2.05 bits per heavy atom. The number of carboxylic acids is 1. The summed E-state index contributed by atoms with van der Waals surface area (Å²) in [5.41, 5.74) is -0.371. The molecule has 9 heteroatoms. The molecule has 1 aromatic carbocycles. The Labute approximate surface area is 121 Å². The van der Waals surface area contributed by atoms with Crippen molar-refractivity contribution in [1.29, 1.82) is 0 Å². The fourth-order valence-electron chi connectivity index (χ4n) is 1.81. The van der Waals surface area contributed by atoms with Crippen LogP contribution in [0.2, 0.25) is 0 Å². The number of anilines is 1. The van der Waals surface area contributed by atoms with Crippen molar-refractivity contribution in [3.63, 3.8) is 0 Å². The van der Waals surface area contributed by atoms with Crippen molar-refractivity contribution in [2.45, 2.75) is 4.90 Å². The number of hydrogen-bond acceptors (Lipinski definition) is 5. The smallest absolute Gasteiger partial charge is 0.356 e. The van der Waals surface area contributed by atoms with Gasteiger partial charge in [-0.25, -0.2) is 13.2 Å². The van der Waals surface area contributed by atoms with E-state index in [0.29, 0.717) is 0 Å². The fraction of sp³-hybridized carbons (Fsp3) is 0.167. The van der Waals surface area contributed by atoms with E-state index < -0.39 is 16.0 Å². The highest BCUT2D eigenvalue weighted by molar-refractivity contribution is 7.92. The third-order valence-electron chi connectivity index (χ3n) is 2.74. The number of aryl methyl sites for hydroxylation is 1. The summed E-state index contributed by atoms with van der Waals surface area (Å²) in [5.74, 6) is -1.13. The summed E-state index contributed by atoms with van der Waals surface area (Å²) in [4.78, 5) is 11.0. The highest BCUT2D eigenvalue weighted by atomic mass is 32.2. The fourth-order valence-corrected chi connectivity index (χ4v) is 3.03. The van der Waals surface area contributed by atoms with Crippen LogP contribution in [-0.2, 0) is 17.1 Å². The summed E-state index contributed by atoms with van der Waals surface area (Å²) >= 11 is 0. The van der Waals surface area contributed by atoms with Crippen molar-refractivity contribution in [2.75, 3.05) is 11.8 Å². The Morgan fingerprint density at radius 3 is 2.67 bits per heavy atom. The topological polar surface area (TPSA) is 111 Å². The van der Waals surface area contributed by atoms with Crippen LogP contribution >= 0.6 is 0 Å². The second-order valence-corrected chi connectivity index (χ2v) is 5.74. The van der Waals surface area contributed by atoms with Crippen molar-refractivity contribution in [2.24, 2.45) is 7.05 Å². The number of nitrogens with zero attached hydrogens (tertiary/aromatic N) is 2. The lowest BCUT2D eigenvalue weighted by Crippen LogP contribution is -2.16. The van der Waals surface area contributed by atoms with Crippen LogP contribution in [0.5, 0.6) is 5.75 Å². The first kappa shape index (κ1) is 14.9. The lowest BCUT2D eigenvalue weighted by molar-refractivity contribution is 0.0686. The minimum atomic E-state index is -3.99. The average molecular weight is 311 g/mol. The van der Waals surface area contributed by atoms with Crippen LogP contribution in [0.25, 0.3) is 0 Å². The maximum Gasteiger partial charge on any atom is 0.356 e. The van der Waals surface area contributed by atoms with Gasteiger partial charge in [-0.1, -0.05) is 12.1 Å². The molecule has 0 amide bonds. The Balaban J connectivity index is 2.45. The quantitative estimate of drug-likeness (QED) is 0.849. The molecule has 0 saturated carbocycles. The SMILES string of the molecule is COc1ccccc1S(=O)(=O)Nc1cnn(C)c1C(=O)O. The molecule has 2 aromatic rings. The van der Waals surface area contributed by atoms with Crippen LogP contribution in [0.1, 0.15) is 10.5 Å². The van der Waals surface area contributed by atoms with Gasteiger partial charge in [-0.3, -0.25) is 9.40 Å². The molecule has 2 N–H and O–H groups in total. The molecule has 0 aliphatic heterocycles. The Bertz CT molecular complexity index is 782. The van der Waals surface area contributed by atoms with E-state index in [1.165, 1.54) is 26.3 Å². The zero-order valence-corrected chi connectivity index (χ0v) is 12.1. The summed E-state index contributed by atoms with van der Waals surface area (Å²) < 4.78 is 33.0. The maximum absolute atomic E-state index is 12.3. The number of aromatic nitrogens is 2. The van der Waals surface area contributed by atoms with Crippen LogP contribution in [0, 0.1) is 0 Å². The molecule has 0 radical (unpaired) electrons. The highest BCUT2D eigenvalue weighted by Gasteiger charge is 2.24. The zero-order valence-electron chi connectivity index (χ0n) is 11.3. The van der Waals surface area contributed by atoms with Gasteiger partial charge in [0, 0.05) is 7.05 Å². The molecule has 1 aromatic heterocycles. The Kier molecular flexibility index (Phi) is 3.85. The molecule has 0 fully saturated rings. The number of carbonyl (C=O) groups is 1. The number of hydrogen-bond donors (Lipinski definition) is 2. The molecule has 2 rings (SSSR count). The minimum absolute atomic E-state index is 0.0901. The van der Waals surface area contributed by atoms with Gasteiger partial charge >= 0.3 is 5.97 Å². The van der Waals surface area contributed by atoms with Crippen LogP contribution in [0.3, 0.4) is 0 Å². The number of aromatic carboxylic acids is 1. The van der Waals surface area contributed by atoms with E-state index in [4.69, 9.17) is 9.84 Å². The maximum atomic E-state index is 12.3. The van der Waals surface area contributed by atoms with Crippen molar-refractivity contribution >= 4 is 21.7 Å². The lowest BCUT2D eigenvalue weighted by atomic mass is 10.3. The van der Waals surface area contributed by atoms with Crippen molar-refractivity contribution in [1.82, 2.24) is 9.78 Å². The molecular formula is C12H13N3O5S. The van der Waals surface area contributed by atoms with Crippen LogP contribution in [-0.4, -0.2) is 36.4 Å². The van der Waals surface area contributed by atoms with Crippen molar-refractivity contribution < 1.29 is 23.1 Å². The molecule has 112 valence electrons. The number of methoxy groups -OCH3 is 1.